The topological polar surface area (TPSA) is 71.1 Å². The molecule has 0 atom stereocenters. The molecule has 0 amide bonds. The number of aryl methyl sites for hydroxylation is 1. The summed E-state index contributed by atoms with van der Waals surface area (Å²) in [5.74, 6) is 0.316. The Morgan fingerprint density at radius 1 is 1.10 bits per heavy atom. The van der Waals surface area contributed by atoms with Gasteiger partial charge in [-0.05, 0) is 38.1 Å². The minimum Gasteiger partial charge on any atom is -0.384 e. The van der Waals surface area contributed by atoms with Crippen molar-refractivity contribution in [3.05, 3.63) is 48.2 Å². The van der Waals surface area contributed by atoms with Gasteiger partial charge >= 0.3 is 0 Å². The van der Waals surface area contributed by atoms with E-state index in [1.165, 1.54) is 0 Å². The van der Waals surface area contributed by atoms with Gasteiger partial charge in [0, 0.05) is 12.2 Å². The molecule has 0 saturated heterocycles. The molecule has 1 aromatic heterocycles. The second-order valence-corrected chi connectivity index (χ2v) is 5.95. The van der Waals surface area contributed by atoms with Crippen molar-refractivity contribution >= 4 is 21.5 Å². The van der Waals surface area contributed by atoms with Crippen LogP contribution in [0.5, 0.6) is 0 Å². The van der Waals surface area contributed by atoms with E-state index in [4.69, 9.17) is 0 Å². The summed E-state index contributed by atoms with van der Waals surface area (Å²) >= 11 is 0. The second-order valence-electron chi connectivity index (χ2n) is 4.30. The van der Waals surface area contributed by atoms with Crippen molar-refractivity contribution in [2.24, 2.45) is 0 Å². The molecule has 0 aliphatic heterocycles. The Morgan fingerprint density at radius 2 is 1.85 bits per heavy atom. The number of nitrogens with one attached hydrogen (secondary N) is 2. The fraction of sp³-hybridized carbons (Fsp3) is 0.214. The van der Waals surface area contributed by atoms with Gasteiger partial charge in [0.25, 0.3) is 10.0 Å². The summed E-state index contributed by atoms with van der Waals surface area (Å²) in [6.07, 6.45) is 0. The molecule has 0 fully saturated rings. The van der Waals surface area contributed by atoms with Crippen molar-refractivity contribution in [1.82, 2.24) is 4.98 Å². The van der Waals surface area contributed by atoms with Crippen LogP contribution in [0.25, 0.3) is 0 Å². The maximum absolute atomic E-state index is 12.4. The Kier molecular flexibility index (Phi) is 4.24. The van der Waals surface area contributed by atoms with Gasteiger partial charge in [-0.15, -0.1) is 0 Å². The first-order chi connectivity index (χ1) is 9.53. The molecule has 0 spiro atoms. The molecule has 0 saturated carbocycles. The van der Waals surface area contributed by atoms with Crippen LogP contribution in [0.2, 0.25) is 0 Å². The highest BCUT2D eigenvalue weighted by Crippen LogP contribution is 2.22. The molecule has 1 aromatic carbocycles. The van der Waals surface area contributed by atoms with Crippen molar-refractivity contribution in [1.29, 1.82) is 0 Å². The summed E-state index contributed by atoms with van der Waals surface area (Å²) in [5.41, 5.74) is 1.33. The van der Waals surface area contributed by atoms with E-state index in [0.29, 0.717) is 18.1 Å². The minimum atomic E-state index is -3.66. The Hall–Kier alpha value is -2.08. The van der Waals surface area contributed by atoms with Crippen LogP contribution in [-0.2, 0) is 10.0 Å². The van der Waals surface area contributed by atoms with Crippen LogP contribution in [-0.4, -0.2) is 19.9 Å². The van der Waals surface area contributed by atoms with Crippen LogP contribution in [0.3, 0.4) is 0 Å². The van der Waals surface area contributed by atoms with Crippen molar-refractivity contribution in [3.63, 3.8) is 0 Å². The molecule has 2 N–H and O–H groups in total. The molecule has 20 heavy (non-hydrogen) atoms. The average Bonchev–Trinajstić information content (AvgIpc) is 2.39. The summed E-state index contributed by atoms with van der Waals surface area (Å²) in [7, 11) is -3.66. The number of sulfonamides is 1. The van der Waals surface area contributed by atoms with Gasteiger partial charge in [-0.3, -0.25) is 4.72 Å². The predicted molar refractivity (Wildman–Crippen MR) is 80.4 cm³/mol. The van der Waals surface area contributed by atoms with Crippen LogP contribution in [0.15, 0.2) is 47.4 Å². The zero-order valence-electron chi connectivity index (χ0n) is 11.4. The zero-order valence-corrected chi connectivity index (χ0v) is 12.2. The molecule has 2 rings (SSSR count). The molecule has 5 nitrogen and oxygen atoms in total. The monoisotopic (exact) mass is 291 g/mol. The summed E-state index contributed by atoms with van der Waals surface area (Å²) in [6, 6.07) is 12.0. The number of hydrogen-bond acceptors (Lipinski definition) is 4. The molecule has 0 radical (unpaired) electrons. The number of pyridine rings is 1. The Morgan fingerprint density at radius 3 is 2.55 bits per heavy atom. The second kappa shape index (κ2) is 5.92. The average molecular weight is 291 g/mol. The highest BCUT2D eigenvalue weighted by Gasteiger charge is 2.18. The van der Waals surface area contributed by atoms with Crippen molar-refractivity contribution in [2.45, 2.75) is 18.7 Å². The molecule has 0 unspecified atom stereocenters. The molecule has 0 aliphatic carbocycles. The van der Waals surface area contributed by atoms with Gasteiger partial charge in [0.1, 0.15) is 10.7 Å². The van der Waals surface area contributed by atoms with Gasteiger partial charge in [-0.25, -0.2) is 13.4 Å². The smallest absolute Gasteiger partial charge is 0.265 e. The largest absolute Gasteiger partial charge is 0.384 e. The third-order valence-corrected chi connectivity index (χ3v) is 4.08. The fourth-order valence-corrected chi connectivity index (χ4v) is 3.02. The van der Waals surface area contributed by atoms with Gasteiger partial charge in [-0.2, -0.15) is 0 Å². The van der Waals surface area contributed by atoms with E-state index in [1.807, 2.05) is 19.9 Å². The predicted octanol–water partition coefficient (Wildman–Crippen LogP) is 2.62. The molecule has 2 aromatic rings. The summed E-state index contributed by atoms with van der Waals surface area (Å²) < 4.78 is 27.3. The van der Waals surface area contributed by atoms with Gasteiger partial charge < -0.3 is 5.32 Å². The third kappa shape index (κ3) is 3.27. The first kappa shape index (κ1) is 14.3. The lowest BCUT2D eigenvalue weighted by atomic mass is 10.3. The number of benzene rings is 1. The number of nitrogens with zero attached hydrogens (tertiary/aromatic N) is 1. The van der Waals surface area contributed by atoms with Crippen LogP contribution < -0.4 is 10.0 Å². The van der Waals surface area contributed by atoms with Gasteiger partial charge in [0.15, 0.2) is 0 Å². The minimum absolute atomic E-state index is 0.213. The third-order valence-electron chi connectivity index (χ3n) is 2.67. The lowest BCUT2D eigenvalue weighted by molar-refractivity contribution is 0.601. The highest BCUT2D eigenvalue weighted by molar-refractivity contribution is 7.92. The van der Waals surface area contributed by atoms with Gasteiger partial charge in [0.05, 0.1) is 5.69 Å². The molecule has 0 aliphatic rings. The lowest BCUT2D eigenvalue weighted by Gasteiger charge is -2.12. The number of aromatic nitrogens is 1. The first-order valence-corrected chi connectivity index (χ1v) is 7.80. The number of rotatable bonds is 5. The van der Waals surface area contributed by atoms with Crippen molar-refractivity contribution in [2.75, 3.05) is 16.6 Å². The van der Waals surface area contributed by atoms with Crippen LogP contribution >= 0.6 is 0 Å². The van der Waals surface area contributed by atoms with E-state index in [-0.39, 0.29) is 4.90 Å². The van der Waals surface area contributed by atoms with Crippen molar-refractivity contribution < 1.29 is 8.42 Å². The van der Waals surface area contributed by atoms with E-state index in [9.17, 15) is 8.42 Å². The normalized spacial score (nSPS) is 11.1. The maximum atomic E-state index is 12.4. The summed E-state index contributed by atoms with van der Waals surface area (Å²) in [4.78, 5) is 4.36. The fourth-order valence-electron chi connectivity index (χ4n) is 1.83. The van der Waals surface area contributed by atoms with Gasteiger partial charge in [0.2, 0.25) is 0 Å². The van der Waals surface area contributed by atoms with Crippen LogP contribution in [0.4, 0.5) is 11.5 Å². The molecular weight excluding hydrogens is 274 g/mol. The SMILES string of the molecule is CCNc1ccccc1S(=O)(=O)Nc1cccc(C)n1. The van der Waals surface area contributed by atoms with E-state index in [2.05, 4.69) is 15.0 Å². The Labute approximate surface area is 119 Å². The highest BCUT2D eigenvalue weighted by atomic mass is 32.2. The number of para-hydroxylation sites is 1. The van der Waals surface area contributed by atoms with Gasteiger partial charge in [-0.1, -0.05) is 18.2 Å². The quantitative estimate of drug-likeness (QED) is 0.888. The maximum Gasteiger partial charge on any atom is 0.265 e. The molecule has 6 heteroatoms. The van der Waals surface area contributed by atoms with Crippen molar-refractivity contribution in [3.8, 4) is 0 Å². The Balaban J connectivity index is 2.36. The van der Waals surface area contributed by atoms with E-state index >= 15 is 0 Å². The summed E-state index contributed by atoms with van der Waals surface area (Å²) in [6.45, 7) is 4.37. The first-order valence-electron chi connectivity index (χ1n) is 6.32. The molecule has 0 bridgehead atoms. The zero-order chi connectivity index (χ0) is 14.6. The van der Waals surface area contributed by atoms with E-state index in [1.54, 1.807) is 36.4 Å². The standard InChI is InChI=1S/C14H17N3O2S/c1-3-15-12-8-4-5-9-13(12)20(18,19)17-14-10-6-7-11(2)16-14/h4-10,15H,3H2,1-2H3,(H,16,17). The van der Waals surface area contributed by atoms with Crippen LogP contribution in [0.1, 0.15) is 12.6 Å². The number of anilines is 2. The molecular formula is C14H17N3O2S. The van der Waals surface area contributed by atoms with E-state index < -0.39 is 10.0 Å². The molecule has 106 valence electrons. The molecule has 1 heterocycles. The van der Waals surface area contributed by atoms with E-state index in [0.717, 1.165) is 5.69 Å². The number of hydrogen-bond donors (Lipinski definition) is 2. The van der Waals surface area contributed by atoms with Crippen LogP contribution in [0, 0.1) is 6.92 Å². The summed E-state index contributed by atoms with van der Waals surface area (Å²) in [5, 5.41) is 3.04. The Bertz CT molecular complexity index is 699. The lowest BCUT2D eigenvalue weighted by Crippen LogP contribution is -2.16.